The van der Waals surface area contributed by atoms with Crippen LogP contribution in [-0.2, 0) is 22.0 Å². The quantitative estimate of drug-likeness (QED) is 0.228. The van der Waals surface area contributed by atoms with Crippen LogP contribution >= 0.6 is 0 Å². The van der Waals surface area contributed by atoms with Crippen LogP contribution in [0, 0.1) is 12.7 Å². The van der Waals surface area contributed by atoms with Crippen LogP contribution in [0.4, 0.5) is 13.2 Å². The largest absolute Gasteiger partial charge is 0.586 e. The minimum absolute atomic E-state index is 0.154. The Balaban J connectivity index is 1.58. The third-order valence-electron chi connectivity index (χ3n) is 7.16. The number of hydrogen-bond acceptors (Lipinski definition) is 9. The maximum absolute atomic E-state index is 15.1. The number of oxazole rings is 1. The van der Waals surface area contributed by atoms with Gasteiger partial charge in [0.05, 0.1) is 22.9 Å². The van der Waals surface area contributed by atoms with E-state index in [-0.39, 0.29) is 44.9 Å². The van der Waals surface area contributed by atoms with E-state index in [0.717, 1.165) is 12.3 Å². The third kappa shape index (κ3) is 5.67. The predicted molar refractivity (Wildman–Crippen MR) is 155 cm³/mol. The van der Waals surface area contributed by atoms with Crippen molar-refractivity contribution in [1.29, 1.82) is 0 Å². The molecule has 0 amide bonds. The zero-order valence-electron chi connectivity index (χ0n) is 24.3. The van der Waals surface area contributed by atoms with Crippen LogP contribution in [0.2, 0.25) is 0 Å². The standard InChI is InChI=1S/C31H26F3N3O7S/c1-16-35-28(18-6-8-24-25(13-18)44-31(33,34)43-24)29(42-16)20-11-17(5-7-23(20)37-10-9-27(36-37)30(2,3)39)19-12-22(32)21(15-38)26(14-19)45(4,40)41/h5-14,38-39H,15H2,1-4H3. The molecule has 6 rings (SSSR count). The van der Waals surface area contributed by atoms with Crippen LogP contribution in [0.3, 0.4) is 0 Å². The fourth-order valence-electron chi connectivity index (χ4n) is 5.05. The van der Waals surface area contributed by atoms with E-state index in [2.05, 4.69) is 19.6 Å². The first kappa shape index (κ1) is 30.4. The summed E-state index contributed by atoms with van der Waals surface area (Å²) in [5.41, 5.74) is 0.731. The van der Waals surface area contributed by atoms with E-state index in [4.69, 9.17) is 4.42 Å². The van der Waals surface area contributed by atoms with Crippen LogP contribution in [-0.4, -0.2) is 45.9 Å². The van der Waals surface area contributed by atoms with Gasteiger partial charge in [0.2, 0.25) is 0 Å². The number of alkyl halides is 2. The fourth-order valence-corrected chi connectivity index (χ4v) is 6.00. The molecule has 0 fully saturated rings. The Morgan fingerprint density at radius 2 is 1.69 bits per heavy atom. The van der Waals surface area contributed by atoms with Crippen molar-refractivity contribution >= 4 is 9.84 Å². The van der Waals surface area contributed by atoms with Gasteiger partial charge in [-0.1, -0.05) is 6.07 Å². The van der Waals surface area contributed by atoms with E-state index < -0.39 is 34.2 Å². The Kier molecular flexibility index (Phi) is 7.06. The van der Waals surface area contributed by atoms with Gasteiger partial charge in [0.15, 0.2) is 33.0 Å². The number of aromatic nitrogens is 3. The van der Waals surface area contributed by atoms with Gasteiger partial charge in [-0.2, -0.15) is 5.10 Å². The predicted octanol–water partition coefficient (Wildman–Crippen LogP) is 5.75. The number of aryl methyl sites for hydroxylation is 1. The van der Waals surface area contributed by atoms with Crippen LogP contribution in [0.25, 0.3) is 39.4 Å². The molecule has 0 radical (unpaired) electrons. The molecule has 0 atom stereocenters. The molecular weight excluding hydrogens is 615 g/mol. The van der Waals surface area contributed by atoms with Crippen molar-refractivity contribution in [2.45, 2.75) is 44.2 Å². The van der Waals surface area contributed by atoms with E-state index in [0.29, 0.717) is 28.1 Å². The van der Waals surface area contributed by atoms with Gasteiger partial charge >= 0.3 is 6.29 Å². The van der Waals surface area contributed by atoms with Gasteiger partial charge in [-0.25, -0.2) is 22.5 Å². The Morgan fingerprint density at radius 1 is 0.978 bits per heavy atom. The molecule has 0 saturated carbocycles. The molecule has 0 spiro atoms. The summed E-state index contributed by atoms with van der Waals surface area (Å²) in [5.74, 6) is -0.844. The minimum atomic E-state index is -3.92. The summed E-state index contributed by atoms with van der Waals surface area (Å²) in [6, 6.07) is 13.1. The summed E-state index contributed by atoms with van der Waals surface area (Å²) in [6.07, 6.45) is -1.29. The normalized spacial score (nSPS) is 14.2. The summed E-state index contributed by atoms with van der Waals surface area (Å²) in [6.45, 7) is 3.94. The monoisotopic (exact) mass is 641 g/mol. The summed E-state index contributed by atoms with van der Waals surface area (Å²) in [5, 5.41) is 24.7. The van der Waals surface area contributed by atoms with Crippen molar-refractivity contribution in [3.63, 3.8) is 0 Å². The SMILES string of the molecule is Cc1nc(-c2ccc3c(c2)OC(F)(F)O3)c(-c2cc(-c3cc(F)c(CO)c(S(C)(=O)=O)c3)ccc2-n2ccc(C(C)(C)O)n2)o1. The second-order valence-electron chi connectivity index (χ2n) is 11.0. The van der Waals surface area contributed by atoms with Crippen LogP contribution in [0.1, 0.15) is 31.0 Å². The molecule has 1 aliphatic rings. The Labute approximate surface area is 255 Å². The molecule has 10 nitrogen and oxygen atoms in total. The van der Waals surface area contributed by atoms with Crippen molar-refractivity contribution in [2.75, 3.05) is 6.26 Å². The smallest absolute Gasteiger partial charge is 0.440 e. The molecule has 0 aliphatic carbocycles. The van der Waals surface area contributed by atoms with Gasteiger partial charge in [-0.05, 0) is 73.5 Å². The molecule has 2 N–H and O–H groups in total. The third-order valence-corrected chi connectivity index (χ3v) is 8.32. The molecule has 3 aromatic carbocycles. The Morgan fingerprint density at radius 3 is 2.36 bits per heavy atom. The number of hydrogen-bond donors (Lipinski definition) is 2. The molecule has 0 bridgehead atoms. The first-order valence-corrected chi connectivity index (χ1v) is 15.4. The molecule has 5 aromatic rings. The van der Waals surface area contributed by atoms with Gasteiger partial charge in [-0.15, -0.1) is 8.78 Å². The summed E-state index contributed by atoms with van der Waals surface area (Å²) >= 11 is 0. The molecule has 234 valence electrons. The lowest BCUT2D eigenvalue weighted by molar-refractivity contribution is -0.286. The lowest BCUT2D eigenvalue weighted by Crippen LogP contribution is -2.25. The minimum Gasteiger partial charge on any atom is -0.440 e. The van der Waals surface area contributed by atoms with Crippen molar-refractivity contribution in [1.82, 2.24) is 14.8 Å². The highest BCUT2D eigenvalue weighted by atomic mass is 32.2. The summed E-state index contributed by atoms with van der Waals surface area (Å²) < 4.78 is 84.2. The molecule has 14 heteroatoms. The first-order valence-electron chi connectivity index (χ1n) is 13.5. The number of fused-ring (bicyclic) bond motifs is 1. The average molecular weight is 642 g/mol. The lowest BCUT2D eigenvalue weighted by atomic mass is 9.97. The maximum Gasteiger partial charge on any atom is 0.586 e. The van der Waals surface area contributed by atoms with E-state index in [1.165, 1.54) is 28.9 Å². The highest BCUT2D eigenvalue weighted by Gasteiger charge is 2.43. The van der Waals surface area contributed by atoms with E-state index in [9.17, 15) is 27.4 Å². The summed E-state index contributed by atoms with van der Waals surface area (Å²) in [7, 11) is -3.92. The van der Waals surface area contributed by atoms with E-state index in [1.807, 2.05) is 0 Å². The number of ether oxygens (including phenoxy) is 2. The van der Waals surface area contributed by atoms with Crippen LogP contribution in [0.15, 0.2) is 70.1 Å². The molecule has 1 aliphatic heterocycles. The molecule has 2 aromatic heterocycles. The Hall–Kier alpha value is -4.66. The first-order chi connectivity index (χ1) is 21.0. The van der Waals surface area contributed by atoms with Crippen molar-refractivity contribution in [2.24, 2.45) is 0 Å². The maximum atomic E-state index is 15.1. The number of sulfone groups is 1. The number of aliphatic hydroxyl groups excluding tert-OH is 1. The molecule has 3 heterocycles. The van der Waals surface area contributed by atoms with Crippen molar-refractivity contribution in [3.8, 4) is 50.9 Å². The second-order valence-corrected chi connectivity index (χ2v) is 13.0. The highest BCUT2D eigenvalue weighted by molar-refractivity contribution is 7.90. The van der Waals surface area contributed by atoms with Gasteiger partial charge in [-0.3, -0.25) is 0 Å². The summed E-state index contributed by atoms with van der Waals surface area (Å²) in [4.78, 5) is 4.14. The Bertz CT molecular complexity index is 2080. The van der Waals surface area contributed by atoms with Gasteiger partial charge in [0.1, 0.15) is 17.1 Å². The number of rotatable bonds is 7. The molecule has 45 heavy (non-hydrogen) atoms. The number of benzene rings is 3. The second kappa shape index (κ2) is 10.5. The lowest BCUT2D eigenvalue weighted by Gasteiger charge is -2.15. The number of halogens is 3. The highest BCUT2D eigenvalue weighted by Crippen LogP contribution is 2.45. The zero-order valence-corrected chi connectivity index (χ0v) is 25.1. The molecule has 0 unspecified atom stereocenters. The molecular formula is C31H26F3N3O7S. The van der Waals surface area contributed by atoms with Crippen molar-refractivity contribution in [3.05, 3.63) is 83.8 Å². The molecule has 0 saturated heterocycles. The van der Waals surface area contributed by atoms with Gasteiger partial charge in [0, 0.05) is 36.1 Å². The van der Waals surface area contributed by atoms with Crippen molar-refractivity contribution < 1.29 is 45.7 Å². The van der Waals surface area contributed by atoms with Crippen LogP contribution < -0.4 is 9.47 Å². The fraction of sp³-hybridized carbons (Fsp3) is 0.226. The zero-order chi connectivity index (χ0) is 32.5. The average Bonchev–Trinajstić information content (AvgIpc) is 3.67. The van der Waals surface area contributed by atoms with E-state index >= 15 is 4.39 Å². The number of aliphatic hydroxyl groups is 2. The number of nitrogens with zero attached hydrogens (tertiary/aromatic N) is 3. The van der Waals surface area contributed by atoms with Crippen LogP contribution in [0.5, 0.6) is 11.5 Å². The van der Waals surface area contributed by atoms with Gasteiger partial charge < -0.3 is 24.1 Å². The van der Waals surface area contributed by atoms with Gasteiger partial charge in [0.25, 0.3) is 0 Å². The van der Waals surface area contributed by atoms with E-state index in [1.54, 1.807) is 51.2 Å². The topological polar surface area (TPSA) is 137 Å².